The zero-order valence-electron chi connectivity index (χ0n) is 18.4. The number of hydrogen-bond donors (Lipinski definition) is 1. The number of carbonyl (C=O) groups excluding carboxylic acids is 1. The van der Waals surface area contributed by atoms with E-state index in [-0.39, 0.29) is 11.9 Å². The smallest absolute Gasteiger partial charge is 0.251 e. The number of aliphatic imine (C=N–C) groups is 1. The van der Waals surface area contributed by atoms with Gasteiger partial charge in [-0.1, -0.05) is 19.9 Å². The molecule has 31 heavy (non-hydrogen) atoms. The van der Waals surface area contributed by atoms with Gasteiger partial charge in [0.05, 0.1) is 35.9 Å². The predicted molar refractivity (Wildman–Crippen MR) is 122 cm³/mol. The molecule has 1 N–H and O–H groups in total. The third-order valence-corrected chi connectivity index (χ3v) is 5.36. The lowest BCUT2D eigenvalue weighted by Gasteiger charge is -2.16. The topological polar surface area (TPSA) is 80.1 Å². The summed E-state index contributed by atoms with van der Waals surface area (Å²) in [6.07, 6.45) is 8.11. The van der Waals surface area contributed by atoms with Crippen LogP contribution in [0.15, 0.2) is 47.8 Å². The Balaban J connectivity index is 1.67. The molecule has 0 fully saturated rings. The molecule has 0 aliphatic carbocycles. The van der Waals surface area contributed by atoms with Gasteiger partial charge in [0.15, 0.2) is 0 Å². The van der Waals surface area contributed by atoms with Crippen LogP contribution in [-0.4, -0.2) is 27.1 Å². The third-order valence-electron chi connectivity index (χ3n) is 5.36. The van der Waals surface area contributed by atoms with E-state index < -0.39 is 0 Å². The summed E-state index contributed by atoms with van der Waals surface area (Å²) in [5.74, 6) is 0.361. The molecule has 6 nitrogen and oxygen atoms in total. The van der Waals surface area contributed by atoms with Gasteiger partial charge in [0, 0.05) is 35.3 Å². The molecule has 6 heteroatoms. The molecular formula is C25H27N5O. The maximum Gasteiger partial charge on any atom is 0.251 e. The fourth-order valence-electron chi connectivity index (χ4n) is 3.73. The summed E-state index contributed by atoms with van der Waals surface area (Å²) in [6.45, 7) is 8.60. The molecule has 0 spiro atoms. The van der Waals surface area contributed by atoms with E-state index in [0.717, 1.165) is 45.8 Å². The summed E-state index contributed by atoms with van der Waals surface area (Å²) in [6, 6.07) is 7.99. The van der Waals surface area contributed by atoms with Crippen molar-refractivity contribution in [3.05, 3.63) is 76.5 Å². The summed E-state index contributed by atoms with van der Waals surface area (Å²) in [4.78, 5) is 30.9. The van der Waals surface area contributed by atoms with Crippen LogP contribution in [0.1, 0.15) is 64.7 Å². The van der Waals surface area contributed by atoms with E-state index in [1.54, 1.807) is 12.4 Å². The second kappa shape index (κ2) is 8.76. The minimum absolute atomic E-state index is 0.0647. The second-order valence-corrected chi connectivity index (χ2v) is 8.50. The number of amides is 1. The first-order valence-electron chi connectivity index (χ1n) is 10.6. The Bertz CT molecular complexity index is 1120. The highest BCUT2D eigenvalue weighted by Crippen LogP contribution is 2.37. The van der Waals surface area contributed by atoms with Crippen molar-refractivity contribution in [3.8, 4) is 11.3 Å². The highest BCUT2D eigenvalue weighted by atomic mass is 16.1. The molecule has 3 aromatic rings. The summed E-state index contributed by atoms with van der Waals surface area (Å²) in [7, 11) is 0. The second-order valence-electron chi connectivity index (χ2n) is 8.50. The van der Waals surface area contributed by atoms with Gasteiger partial charge in [-0.15, -0.1) is 0 Å². The number of carbonyl (C=O) groups is 1. The fraction of sp³-hybridized carbons (Fsp3) is 0.320. The van der Waals surface area contributed by atoms with E-state index in [4.69, 9.17) is 4.99 Å². The average Bonchev–Trinajstić information content (AvgIpc) is 3.15. The summed E-state index contributed by atoms with van der Waals surface area (Å²) < 4.78 is 0. The van der Waals surface area contributed by atoms with Gasteiger partial charge in [0.1, 0.15) is 0 Å². The third kappa shape index (κ3) is 4.68. The van der Waals surface area contributed by atoms with Gasteiger partial charge in [-0.3, -0.25) is 24.7 Å². The number of nitrogens with zero attached hydrogens (tertiary/aromatic N) is 4. The number of benzene rings is 1. The first-order valence-corrected chi connectivity index (χ1v) is 10.6. The minimum Gasteiger partial charge on any atom is -0.346 e. The molecule has 1 atom stereocenters. The van der Waals surface area contributed by atoms with Crippen molar-refractivity contribution in [1.82, 2.24) is 20.3 Å². The zero-order valence-corrected chi connectivity index (χ0v) is 18.4. The van der Waals surface area contributed by atoms with Gasteiger partial charge in [-0.05, 0) is 55.5 Å². The number of aromatic nitrogens is 3. The maximum atomic E-state index is 13.0. The molecule has 1 unspecified atom stereocenters. The van der Waals surface area contributed by atoms with Crippen molar-refractivity contribution in [2.75, 3.05) is 0 Å². The summed E-state index contributed by atoms with van der Waals surface area (Å²) in [5, 5.41) is 2.97. The standard InChI is InChI=1S/C25H27N5O/c1-15(2)7-24-21-9-18(25(31)30-13-19-12-26-17(4)11-27-19)8-20(22(21)14-29-24)23-6-5-16(3)10-28-23/h5-6,8-12,14-15,24H,7,13H2,1-4H3,(H,30,31). The van der Waals surface area contributed by atoms with Crippen molar-refractivity contribution < 1.29 is 4.79 Å². The first kappa shape index (κ1) is 20.8. The Morgan fingerprint density at radius 1 is 1.06 bits per heavy atom. The maximum absolute atomic E-state index is 13.0. The van der Waals surface area contributed by atoms with Crippen LogP contribution >= 0.6 is 0 Å². The van der Waals surface area contributed by atoms with Crippen LogP contribution in [0.3, 0.4) is 0 Å². The fourth-order valence-corrected chi connectivity index (χ4v) is 3.73. The van der Waals surface area contributed by atoms with Gasteiger partial charge in [-0.25, -0.2) is 0 Å². The molecule has 1 aliphatic heterocycles. The van der Waals surface area contributed by atoms with Crippen molar-refractivity contribution in [3.63, 3.8) is 0 Å². The van der Waals surface area contributed by atoms with E-state index in [1.807, 2.05) is 50.5 Å². The molecule has 1 aromatic carbocycles. The SMILES string of the molecule is Cc1ccc(-c2cc(C(=O)NCc3cnc(C)cn3)cc3c2C=NC3CC(C)C)nc1. The molecule has 0 saturated carbocycles. The number of fused-ring (bicyclic) bond motifs is 1. The van der Waals surface area contributed by atoms with Gasteiger partial charge in [-0.2, -0.15) is 0 Å². The molecule has 1 aliphatic rings. The number of rotatable bonds is 6. The van der Waals surface area contributed by atoms with Crippen LogP contribution < -0.4 is 5.32 Å². The van der Waals surface area contributed by atoms with Crippen LogP contribution in [0.5, 0.6) is 0 Å². The van der Waals surface area contributed by atoms with Gasteiger partial charge < -0.3 is 5.32 Å². The monoisotopic (exact) mass is 413 g/mol. The van der Waals surface area contributed by atoms with E-state index in [9.17, 15) is 4.79 Å². The molecule has 0 saturated heterocycles. The minimum atomic E-state index is -0.145. The van der Waals surface area contributed by atoms with Crippen LogP contribution in [-0.2, 0) is 6.54 Å². The molecule has 158 valence electrons. The number of nitrogens with one attached hydrogen (secondary N) is 1. The zero-order chi connectivity index (χ0) is 22.0. The van der Waals surface area contributed by atoms with Crippen LogP contribution in [0.25, 0.3) is 11.3 Å². The Hall–Kier alpha value is -3.41. The molecular weight excluding hydrogens is 386 g/mol. The van der Waals surface area contributed by atoms with Crippen LogP contribution in [0.4, 0.5) is 0 Å². The molecule has 0 bridgehead atoms. The van der Waals surface area contributed by atoms with Gasteiger partial charge in [0.25, 0.3) is 5.91 Å². The molecule has 4 rings (SSSR count). The lowest BCUT2D eigenvalue weighted by atomic mass is 9.90. The lowest BCUT2D eigenvalue weighted by Crippen LogP contribution is -2.24. The quantitative estimate of drug-likeness (QED) is 0.640. The first-order chi connectivity index (χ1) is 14.9. The largest absolute Gasteiger partial charge is 0.346 e. The number of hydrogen-bond acceptors (Lipinski definition) is 5. The molecule has 2 aromatic heterocycles. The van der Waals surface area contributed by atoms with Crippen molar-refractivity contribution >= 4 is 12.1 Å². The Labute approximate surface area is 182 Å². The molecule has 3 heterocycles. The van der Waals surface area contributed by atoms with Crippen molar-refractivity contribution in [2.45, 2.75) is 46.7 Å². The lowest BCUT2D eigenvalue weighted by molar-refractivity contribution is 0.0950. The average molecular weight is 414 g/mol. The van der Waals surface area contributed by atoms with E-state index in [2.05, 4.69) is 34.1 Å². The Morgan fingerprint density at radius 2 is 1.90 bits per heavy atom. The van der Waals surface area contributed by atoms with Crippen molar-refractivity contribution in [2.24, 2.45) is 10.9 Å². The van der Waals surface area contributed by atoms with Crippen molar-refractivity contribution in [1.29, 1.82) is 0 Å². The van der Waals surface area contributed by atoms with Gasteiger partial charge >= 0.3 is 0 Å². The van der Waals surface area contributed by atoms with E-state index in [1.165, 1.54) is 0 Å². The highest BCUT2D eigenvalue weighted by molar-refractivity contribution is 6.00. The number of pyridine rings is 1. The van der Waals surface area contributed by atoms with E-state index in [0.29, 0.717) is 18.0 Å². The van der Waals surface area contributed by atoms with Crippen LogP contribution in [0.2, 0.25) is 0 Å². The summed E-state index contributed by atoms with van der Waals surface area (Å²) >= 11 is 0. The highest BCUT2D eigenvalue weighted by Gasteiger charge is 2.25. The van der Waals surface area contributed by atoms with Gasteiger partial charge in [0.2, 0.25) is 0 Å². The summed E-state index contributed by atoms with van der Waals surface area (Å²) in [5.41, 5.74) is 7.21. The Kier molecular flexibility index (Phi) is 5.89. The predicted octanol–water partition coefficient (Wildman–Crippen LogP) is 4.61. The Morgan fingerprint density at radius 3 is 2.58 bits per heavy atom. The molecule has 1 amide bonds. The normalized spacial score (nSPS) is 14.7. The van der Waals surface area contributed by atoms with Crippen LogP contribution in [0, 0.1) is 19.8 Å². The molecule has 0 radical (unpaired) electrons. The van der Waals surface area contributed by atoms with E-state index >= 15 is 0 Å². The number of aryl methyl sites for hydroxylation is 2.